The number of carbonyl (C=O) groups excluding carboxylic acids is 3. The molecule has 0 radical (unpaired) electrons. The van der Waals surface area contributed by atoms with Gasteiger partial charge in [-0.05, 0) is 68.9 Å². The molecular weight excluding hydrogens is 470 g/mol. The fourth-order valence-corrected chi connectivity index (χ4v) is 3.94. The van der Waals surface area contributed by atoms with Crippen molar-refractivity contribution in [2.45, 2.75) is 79.1 Å². The number of rotatable bonds is 10. The van der Waals surface area contributed by atoms with Gasteiger partial charge in [0.05, 0.1) is 0 Å². The number of aromatic hydroxyl groups is 1. The van der Waals surface area contributed by atoms with E-state index in [0.717, 1.165) is 5.56 Å². The SMILES string of the molecule is CCCN(C(=O)C(NC(=O)OC(C)(C)C)C(C)C)C(C(=O)NCc1ccccc1)c1ccc(O)c(C)c1. The zero-order valence-corrected chi connectivity index (χ0v) is 23.0. The number of carbonyl (C=O) groups is 3. The van der Waals surface area contributed by atoms with E-state index in [9.17, 15) is 19.5 Å². The summed E-state index contributed by atoms with van der Waals surface area (Å²) in [4.78, 5) is 41.7. The van der Waals surface area contributed by atoms with Gasteiger partial charge in [0.25, 0.3) is 0 Å². The van der Waals surface area contributed by atoms with E-state index in [1.54, 1.807) is 39.8 Å². The van der Waals surface area contributed by atoms with Crippen LogP contribution in [0.15, 0.2) is 48.5 Å². The van der Waals surface area contributed by atoms with E-state index in [1.807, 2.05) is 51.1 Å². The van der Waals surface area contributed by atoms with Gasteiger partial charge in [-0.3, -0.25) is 9.59 Å². The van der Waals surface area contributed by atoms with Crippen LogP contribution in [0.4, 0.5) is 4.79 Å². The summed E-state index contributed by atoms with van der Waals surface area (Å²) in [6.45, 7) is 13.2. The predicted octanol–water partition coefficient (Wildman–Crippen LogP) is 4.85. The zero-order valence-electron chi connectivity index (χ0n) is 23.0. The average molecular weight is 512 g/mol. The third-order valence-electron chi connectivity index (χ3n) is 5.76. The molecule has 8 heteroatoms. The molecule has 37 heavy (non-hydrogen) atoms. The molecule has 0 aliphatic carbocycles. The minimum Gasteiger partial charge on any atom is -0.508 e. The maximum atomic E-state index is 13.9. The van der Waals surface area contributed by atoms with E-state index in [1.165, 1.54) is 11.0 Å². The van der Waals surface area contributed by atoms with Crippen molar-refractivity contribution >= 4 is 17.9 Å². The third kappa shape index (κ3) is 8.81. The number of ether oxygens (including phenoxy) is 1. The lowest BCUT2D eigenvalue weighted by Crippen LogP contribution is -2.55. The van der Waals surface area contributed by atoms with Gasteiger partial charge < -0.3 is 25.4 Å². The van der Waals surface area contributed by atoms with Crippen molar-refractivity contribution in [3.05, 3.63) is 65.2 Å². The van der Waals surface area contributed by atoms with Crippen molar-refractivity contribution in [3.63, 3.8) is 0 Å². The Morgan fingerprint density at radius 3 is 2.24 bits per heavy atom. The second-order valence-corrected chi connectivity index (χ2v) is 10.6. The van der Waals surface area contributed by atoms with E-state index in [2.05, 4.69) is 10.6 Å². The van der Waals surface area contributed by atoms with Gasteiger partial charge in [0, 0.05) is 13.1 Å². The van der Waals surface area contributed by atoms with Gasteiger partial charge in [-0.1, -0.05) is 57.2 Å². The van der Waals surface area contributed by atoms with Gasteiger partial charge in [0.1, 0.15) is 23.4 Å². The number of phenolic OH excluding ortho intramolecular Hbond substituents is 1. The first kappa shape index (κ1) is 29.7. The number of nitrogens with zero attached hydrogens (tertiary/aromatic N) is 1. The Kier molecular flexibility index (Phi) is 10.5. The highest BCUT2D eigenvalue weighted by atomic mass is 16.6. The van der Waals surface area contributed by atoms with Crippen LogP contribution in [-0.2, 0) is 20.9 Å². The summed E-state index contributed by atoms with van der Waals surface area (Å²) in [7, 11) is 0. The van der Waals surface area contributed by atoms with Crippen LogP contribution >= 0.6 is 0 Å². The number of aryl methyl sites for hydroxylation is 1. The van der Waals surface area contributed by atoms with E-state index >= 15 is 0 Å². The number of nitrogens with one attached hydrogen (secondary N) is 2. The Bertz CT molecular complexity index is 1060. The van der Waals surface area contributed by atoms with Crippen molar-refractivity contribution in [1.82, 2.24) is 15.5 Å². The van der Waals surface area contributed by atoms with Crippen LogP contribution in [0.2, 0.25) is 0 Å². The first-order valence-electron chi connectivity index (χ1n) is 12.7. The minimum atomic E-state index is -0.961. The number of amides is 3. The largest absolute Gasteiger partial charge is 0.508 e. The lowest BCUT2D eigenvalue weighted by molar-refractivity contribution is -0.143. The van der Waals surface area contributed by atoms with Crippen LogP contribution in [0.1, 0.15) is 70.7 Å². The monoisotopic (exact) mass is 511 g/mol. The second kappa shape index (κ2) is 13.1. The molecule has 0 bridgehead atoms. The molecule has 0 saturated heterocycles. The van der Waals surface area contributed by atoms with Gasteiger partial charge in [0.15, 0.2) is 0 Å². The molecule has 0 aliphatic rings. The number of phenols is 1. The number of hydrogen-bond donors (Lipinski definition) is 3. The standard InChI is InChI=1S/C29H41N3O5/c1-8-16-32(27(35)24(19(2)3)31-28(36)37-29(5,6)7)25(22-14-15-23(33)20(4)17-22)26(34)30-18-21-12-10-9-11-13-21/h9-15,17,19,24-25,33H,8,16,18H2,1-7H3,(H,30,34)(H,31,36). The first-order chi connectivity index (χ1) is 17.3. The summed E-state index contributed by atoms with van der Waals surface area (Å²) in [5.74, 6) is -0.884. The van der Waals surface area contributed by atoms with Crippen LogP contribution in [0, 0.1) is 12.8 Å². The maximum Gasteiger partial charge on any atom is 0.408 e. The molecule has 2 atom stereocenters. The number of alkyl carbamates (subject to hydrolysis) is 1. The van der Waals surface area contributed by atoms with E-state index in [-0.39, 0.29) is 23.5 Å². The zero-order chi connectivity index (χ0) is 27.8. The van der Waals surface area contributed by atoms with E-state index < -0.39 is 23.8 Å². The molecule has 3 amide bonds. The molecule has 3 N–H and O–H groups in total. The Morgan fingerprint density at radius 2 is 1.70 bits per heavy atom. The Balaban J connectivity index is 2.44. The van der Waals surface area contributed by atoms with Crippen molar-refractivity contribution < 1.29 is 24.2 Å². The third-order valence-corrected chi connectivity index (χ3v) is 5.76. The summed E-state index contributed by atoms with van der Waals surface area (Å²) in [5, 5.41) is 15.7. The molecule has 2 aromatic carbocycles. The molecule has 2 unspecified atom stereocenters. The fraction of sp³-hybridized carbons (Fsp3) is 0.483. The molecule has 0 heterocycles. The molecule has 2 rings (SSSR count). The van der Waals surface area contributed by atoms with Crippen LogP contribution in [0.3, 0.4) is 0 Å². The first-order valence-corrected chi connectivity index (χ1v) is 12.7. The molecule has 0 fully saturated rings. The van der Waals surface area contributed by atoms with E-state index in [0.29, 0.717) is 30.6 Å². The fourth-order valence-electron chi connectivity index (χ4n) is 3.94. The smallest absolute Gasteiger partial charge is 0.408 e. The maximum absolute atomic E-state index is 13.9. The summed E-state index contributed by atoms with van der Waals surface area (Å²) in [5.41, 5.74) is 1.37. The molecule has 202 valence electrons. The summed E-state index contributed by atoms with van der Waals surface area (Å²) in [6, 6.07) is 12.5. The van der Waals surface area contributed by atoms with Gasteiger partial charge in [-0.2, -0.15) is 0 Å². The highest BCUT2D eigenvalue weighted by Gasteiger charge is 2.37. The van der Waals surface area contributed by atoms with Crippen LogP contribution in [-0.4, -0.2) is 46.1 Å². The molecule has 0 saturated carbocycles. The Labute approximate surface area is 220 Å². The van der Waals surface area contributed by atoms with Gasteiger partial charge in [-0.15, -0.1) is 0 Å². The lowest BCUT2D eigenvalue weighted by atomic mass is 9.97. The Morgan fingerprint density at radius 1 is 1.05 bits per heavy atom. The van der Waals surface area contributed by atoms with Gasteiger partial charge >= 0.3 is 6.09 Å². The van der Waals surface area contributed by atoms with E-state index in [4.69, 9.17) is 4.74 Å². The van der Waals surface area contributed by atoms with Crippen molar-refractivity contribution in [2.24, 2.45) is 5.92 Å². The molecule has 0 spiro atoms. The quantitative estimate of drug-likeness (QED) is 0.423. The molecular formula is C29H41N3O5. The number of benzene rings is 2. The van der Waals surface area contributed by atoms with Crippen LogP contribution in [0.25, 0.3) is 0 Å². The average Bonchev–Trinajstić information content (AvgIpc) is 2.82. The topological polar surface area (TPSA) is 108 Å². The van der Waals surface area contributed by atoms with Crippen LogP contribution in [0.5, 0.6) is 5.75 Å². The van der Waals surface area contributed by atoms with Crippen LogP contribution < -0.4 is 10.6 Å². The van der Waals surface area contributed by atoms with Gasteiger partial charge in [-0.25, -0.2) is 4.79 Å². The van der Waals surface area contributed by atoms with Gasteiger partial charge in [0.2, 0.25) is 11.8 Å². The molecule has 0 aromatic heterocycles. The molecule has 2 aromatic rings. The minimum absolute atomic E-state index is 0.104. The van der Waals surface area contributed by atoms with Crippen molar-refractivity contribution in [1.29, 1.82) is 0 Å². The lowest BCUT2D eigenvalue weighted by Gasteiger charge is -2.35. The number of hydrogen-bond acceptors (Lipinski definition) is 5. The highest BCUT2D eigenvalue weighted by molar-refractivity contribution is 5.92. The second-order valence-electron chi connectivity index (χ2n) is 10.6. The summed E-state index contributed by atoms with van der Waals surface area (Å²) < 4.78 is 5.39. The summed E-state index contributed by atoms with van der Waals surface area (Å²) >= 11 is 0. The predicted molar refractivity (Wildman–Crippen MR) is 144 cm³/mol. The molecule has 0 aliphatic heterocycles. The summed E-state index contributed by atoms with van der Waals surface area (Å²) in [6.07, 6.45) is -0.0933. The van der Waals surface area contributed by atoms with Crippen molar-refractivity contribution in [2.75, 3.05) is 6.54 Å². The highest BCUT2D eigenvalue weighted by Crippen LogP contribution is 2.28. The normalized spacial score (nSPS) is 13.0. The Hall–Kier alpha value is -3.55. The van der Waals surface area contributed by atoms with Crippen molar-refractivity contribution in [3.8, 4) is 5.75 Å². The molecule has 8 nitrogen and oxygen atoms in total.